The van der Waals surface area contributed by atoms with E-state index in [0.717, 1.165) is 21.2 Å². The van der Waals surface area contributed by atoms with Gasteiger partial charge in [0, 0.05) is 40.7 Å². The predicted molar refractivity (Wildman–Crippen MR) is 231 cm³/mol. The summed E-state index contributed by atoms with van der Waals surface area (Å²) in [6.45, 7) is -1.27. The summed E-state index contributed by atoms with van der Waals surface area (Å²) in [5, 5.41) is 67.3. The summed E-state index contributed by atoms with van der Waals surface area (Å²) >= 11 is 0. The summed E-state index contributed by atoms with van der Waals surface area (Å²) in [5.74, 6) is 0. The minimum absolute atomic E-state index is 0. The summed E-state index contributed by atoms with van der Waals surface area (Å²) in [6, 6.07) is 38.2. The molecule has 0 aromatic heterocycles. The van der Waals surface area contributed by atoms with Gasteiger partial charge in [-0.15, -0.1) is 0 Å². The van der Waals surface area contributed by atoms with Gasteiger partial charge < -0.3 is 71.2 Å². The SMILES string of the molecule is C1=C\CC/C=C\CC/1.F[B-](F)(F)F.OC[C@H]1O[C@@H](O[C@@H]2O[C@H](CO)[C@@H](O)[C@H](OP(c3ccccc3)c3ccccc3)[C@H]2OP(c2ccccc2)c2ccccc2)[C@H](O)[C@@H](O)[C@@H]1O.[Rh]. The minimum atomic E-state index is -6.00. The fourth-order valence-corrected chi connectivity index (χ4v) is 10.4. The van der Waals surface area contributed by atoms with Crippen LogP contribution in [0.25, 0.3) is 0 Å². The Morgan fingerprint density at radius 2 is 0.794 bits per heavy atom. The quantitative estimate of drug-likeness (QED) is 0.0504. The van der Waals surface area contributed by atoms with E-state index >= 15 is 0 Å². The number of halogens is 4. The molecular formula is C44H52BF4O11P2Rh-. The van der Waals surface area contributed by atoms with Gasteiger partial charge in [0.25, 0.3) is 0 Å². The molecule has 6 N–H and O–H groups in total. The molecule has 0 saturated carbocycles. The Morgan fingerprint density at radius 3 is 1.14 bits per heavy atom. The number of allylic oxidation sites excluding steroid dienone is 4. The third-order valence-electron chi connectivity index (χ3n) is 9.67. The number of hydrogen-bond donors (Lipinski definition) is 6. The number of rotatable bonds is 12. The summed E-state index contributed by atoms with van der Waals surface area (Å²) in [7, 11) is -9.17. The van der Waals surface area contributed by atoms with E-state index < -0.39 is 98.2 Å². The van der Waals surface area contributed by atoms with Crippen LogP contribution in [-0.4, -0.2) is 113 Å². The van der Waals surface area contributed by atoms with E-state index in [2.05, 4.69) is 24.3 Å². The van der Waals surface area contributed by atoms with Crippen LogP contribution in [0.1, 0.15) is 25.7 Å². The van der Waals surface area contributed by atoms with E-state index in [1.165, 1.54) is 25.7 Å². The largest absolute Gasteiger partial charge is 0.673 e. The van der Waals surface area contributed by atoms with E-state index in [1.54, 1.807) is 0 Å². The molecular weight excluding hydrogens is 956 g/mol. The Balaban J connectivity index is 0.000000537. The van der Waals surface area contributed by atoms with Crippen molar-refractivity contribution in [1.82, 2.24) is 0 Å². The van der Waals surface area contributed by atoms with Crippen molar-refractivity contribution in [1.29, 1.82) is 0 Å². The van der Waals surface area contributed by atoms with Crippen LogP contribution in [0.3, 0.4) is 0 Å². The van der Waals surface area contributed by atoms with E-state index in [1.807, 2.05) is 121 Å². The summed E-state index contributed by atoms with van der Waals surface area (Å²) < 4.78 is 70.9. The molecule has 0 unspecified atom stereocenters. The molecule has 2 heterocycles. The number of benzene rings is 4. The van der Waals surface area contributed by atoms with Crippen LogP contribution in [0.5, 0.6) is 0 Å². The molecule has 4 aromatic carbocycles. The van der Waals surface area contributed by atoms with Crippen molar-refractivity contribution >= 4 is 44.8 Å². The first-order valence-corrected chi connectivity index (χ1v) is 22.6. The van der Waals surface area contributed by atoms with Crippen molar-refractivity contribution in [2.45, 2.75) is 87.1 Å². The maximum Gasteiger partial charge on any atom is 0.673 e. The molecule has 0 bridgehead atoms. The Labute approximate surface area is 379 Å². The van der Waals surface area contributed by atoms with Crippen molar-refractivity contribution in [3.8, 4) is 0 Å². The van der Waals surface area contributed by atoms with Gasteiger partial charge in [0.15, 0.2) is 12.6 Å². The Kier molecular flexibility index (Phi) is 22.6. The Hall–Kier alpha value is -2.81. The monoisotopic (exact) mass is 1010 g/mol. The van der Waals surface area contributed by atoms with Crippen LogP contribution in [0.15, 0.2) is 146 Å². The van der Waals surface area contributed by atoms with Gasteiger partial charge >= 0.3 is 7.25 Å². The molecule has 63 heavy (non-hydrogen) atoms. The van der Waals surface area contributed by atoms with Crippen LogP contribution in [0, 0.1) is 0 Å². The topological polar surface area (TPSA) is 168 Å². The van der Waals surface area contributed by atoms with Crippen LogP contribution in [0.2, 0.25) is 0 Å². The Morgan fingerprint density at radius 1 is 0.476 bits per heavy atom. The first kappa shape index (κ1) is 52.8. The molecule has 1 radical (unpaired) electrons. The molecule has 2 saturated heterocycles. The zero-order chi connectivity index (χ0) is 44.5. The van der Waals surface area contributed by atoms with Crippen LogP contribution in [-0.2, 0) is 42.7 Å². The molecule has 4 aromatic rings. The average molecular weight is 1010 g/mol. The van der Waals surface area contributed by atoms with Gasteiger partial charge in [-0.05, 0) is 25.7 Å². The third-order valence-corrected chi connectivity index (χ3v) is 13.6. The normalized spacial score (nSPS) is 28.2. The molecule has 0 amide bonds. The second-order valence-corrected chi connectivity index (χ2v) is 17.9. The molecule has 7 rings (SSSR count). The molecule has 11 nitrogen and oxygen atoms in total. The van der Waals surface area contributed by atoms with Crippen LogP contribution >= 0.6 is 16.3 Å². The first-order chi connectivity index (χ1) is 29.9. The molecule has 345 valence electrons. The molecule has 2 fully saturated rings. The summed E-state index contributed by atoms with van der Waals surface area (Å²) in [4.78, 5) is 0. The third kappa shape index (κ3) is 16.2. The smallest absolute Gasteiger partial charge is 0.418 e. The summed E-state index contributed by atoms with van der Waals surface area (Å²) in [6.07, 6.45) is -0.290. The van der Waals surface area contributed by atoms with Gasteiger partial charge in [0.1, 0.15) is 48.8 Å². The van der Waals surface area contributed by atoms with Crippen molar-refractivity contribution in [3.63, 3.8) is 0 Å². The van der Waals surface area contributed by atoms with Gasteiger partial charge in [-0.2, -0.15) is 0 Å². The van der Waals surface area contributed by atoms with Gasteiger partial charge in [-0.1, -0.05) is 146 Å². The second kappa shape index (κ2) is 27.0. The van der Waals surface area contributed by atoms with Gasteiger partial charge in [0.2, 0.25) is 0 Å². The van der Waals surface area contributed by atoms with Crippen LogP contribution in [0.4, 0.5) is 17.3 Å². The van der Waals surface area contributed by atoms with Crippen molar-refractivity contribution in [3.05, 3.63) is 146 Å². The standard InChI is InChI=1S/C36H40O11P2.C8H12.BF4.Rh/c37-21-27-29(39)31(41)32(42)35(43-27)45-36-34(47-49(25-17-9-3-10-18-25)26-19-11-4-12-20-26)33(30(40)28(22-38)44-36)46-48(23-13-5-1-6-14-23)24-15-7-2-8-16-24;1-2-4-6-8-7-5-3-1;2-1(3,4)5;/h1-20,27-42H,21-22H2;1-2,7-8H,3-6H2;;/q;;-1;/b;2-1-,8-7-;;/t27-,28-,29-,30-,31+,32-,33+,34-,35+,36+;;;/m1.../s1. The molecule has 10 atom stereocenters. The zero-order valence-electron chi connectivity index (χ0n) is 33.9. The molecule has 2 aliphatic heterocycles. The maximum absolute atomic E-state index is 11.8. The fraction of sp³-hybridized carbons (Fsp3) is 0.364. The molecule has 3 aliphatic rings. The molecule has 0 spiro atoms. The zero-order valence-corrected chi connectivity index (χ0v) is 37.3. The van der Waals surface area contributed by atoms with Crippen LogP contribution < -0.4 is 21.2 Å². The minimum Gasteiger partial charge on any atom is -0.418 e. The average Bonchev–Trinajstić information content (AvgIpc) is 3.26. The van der Waals surface area contributed by atoms with E-state index in [0.29, 0.717) is 0 Å². The van der Waals surface area contributed by atoms with E-state index in [-0.39, 0.29) is 19.5 Å². The predicted octanol–water partition coefficient (Wildman–Crippen LogP) is 4.72. The Bertz CT molecular complexity index is 1810. The number of aliphatic hydroxyl groups is 6. The fourth-order valence-electron chi connectivity index (χ4n) is 6.59. The number of ether oxygens (including phenoxy) is 3. The number of hydrogen-bond acceptors (Lipinski definition) is 11. The molecule has 19 heteroatoms. The summed E-state index contributed by atoms with van der Waals surface area (Å²) in [5.41, 5.74) is 0. The number of aliphatic hydroxyl groups excluding tert-OH is 6. The van der Waals surface area contributed by atoms with Gasteiger partial charge in [-0.3, -0.25) is 0 Å². The van der Waals surface area contributed by atoms with Crippen molar-refractivity contribution in [2.75, 3.05) is 13.2 Å². The maximum atomic E-state index is 11.8. The van der Waals surface area contributed by atoms with Gasteiger partial charge in [-0.25, -0.2) is 0 Å². The van der Waals surface area contributed by atoms with E-state index in [9.17, 15) is 47.9 Å². The van der Waals surface area contributed by atoms with Crippen molar-refractivity contribution < 1.29 is 90.6 Å². The second-order valence-electron chi connectivity index (χ2n) is 14.2. The first-order valence-electron chi connectivity index (χ1n) is 20.1. The van der Waals surface area contributed by atoms with Crippen molar-refractivity contribution in [2.24, 2.45) is 0 Å². The van der Waals surface area contributed by atoms with E-state index in [4.69, 9.17) is 23.3 Å². The molecule has 1 aliphatic carbocycles. The van der Waals surface area contributed by atoms with Gasteiger partial charge in [0.05, 0.1) is 29.5 Å².